The first-order chi connectivity index (χ1) is 6.72. The van der Waals surface area contributed by atoms with Crippen LogP contribution in [0.3, 0.4) is 0 Å². The summed E-state index contributed by atoms with van der Waals surface area (Å²) in [7, 11) is 3.14. The van der Waals surface area contributed by atoms with E-state index in [0.717, 1.165) is 10.0 Å². The van der Waals surface area contributed by atoms with Crippen LogP contribution in [-0.2, 0) is 6.42 Å². The lowest BCUT2D eigenvalue weighted by Gasteiger charge is -2.11. The summed E-state index contributed by atoms with van der Waals surface area (Å²) < 4.78 is 11.2. The van der Waals surface area contributed by atoms with E-state index in [1.165, 1.54) is 0 Å². The third-order valence-electron chi connectivity index (χ3n) is 1.83. The fraction of sp³-hybridized carbons (Fsp3) is 0.300. The van der Waals surface area contributed by atoms with Gasteiger partial charge in [-0.1, -0.05) is 15.9 Å². The van der Waals surface area contributed by atoms with Gasteiger partial charge in [-0.05, 0) is 12.1 Å². The van der Waals surface area contributed by atoms with Crippen molar-refractivity contribution in [3.8, 4) is 17.6 Å². The smallest absolute Gasteiger partial charge is 0.127 e. The molecule has 0 bridgehead atoms. The Balaban J connectivity index is 3.26. The maximum absolute atomic E-state index is 8.66. The van der Waals surface area contributed by atoms with Crippen molar-refractivity contribution in [2.45, 2.75) is 6.42 Å². The largest absolute Gasteiger partial charge is 0.496 e. The quantitative estimate of drug-likeness (QED) is 0.834. The second-order valence-electron chi connectivity index (χ2n) is 2.62. The van der Waals surface area contributed by atoms with E-state index in [9.17, 15) is 0 Å². The zero-order chi connectivity index (χ0) is 10.6. The van der Waals surface area contributed by atoms with E-state index in [-0.39, 0.29) is 6.42 Å². The molecule has 1 rings (SSSR count). The minimum absolute atomic E-state index is 0.277. The first-order valence-electron chi connectivity index (χ1n) is 4.00. The van der Waals surface area contributed by atoms with Crippen molar-refractivity contribution in [3.05, 3.63) is 22.2 Å². The normalized spacial score (nSPS) is 9.29. The number of ether oxygens (including phenoxy) is 2. The Labute approximate surface area is 91.4 Å². The van der Waals surface area contributed by atoms with Gasteiger partial charge in [0.15, 0.2) is 0 Å². The van der Waals surface area contributed by atoms with Gasteiger partial charge in [0.2, 0.25) is 0 Å². The van der Waals surface area contributed by atoms with Crippen LogP contribution in [0.1, 0.15) is 5.56 Å². The van der Waals surface area contributed by atoms with Gasteiger partial charge in [0.05, 0.1) is 32.3 Å². The molecule has 0 aliphatic heterocycles. The summed E-state index contributed by atoms with van der Waals surface area (Å²) in [4.78, 5) is 0. The zero-order valence-electron chi connectivity index (χ0n) is 8.00. The number of nitriles is 1. The lowest BCUT2D eigenvalue weighted by atomic mass is 10.1. The SMILES string of the molecule is COc1cc(Br)cc(OC)c1CC#N. The van der Waals surface area contributed by atoms with Crippen LogP contribution in [0, 0.1) is 11.3 Å². The highest BCUT2D eigenvalue weighted by molar-refractivity contribution is 9.10. The Morgan fingerprint density at radius 2 is 1.79 bits per heavy atom. The van der Waals surface area contributed by atoms with Crippen molar-refractivity contribution in [1.82, 2.24) is 0 Å². The lowest BCUT2D eigenvalue weighted by molar-refractivity contribution is 0.387. The molecule has 1 aromatic carbocycles. The molecule has 0 heterocycles. The molecule has 0 radical (unpaired) electrons. The van der Waals surface area contributed by atoms with Crippen molar-refractivity contribution in [1.29, 1.82) is 5.26 Å². The van der Waals surface area contributed by atoms with Crippen molar-refractivity contribution in [2.24, 2.45) is 0 Å². The van der Waals surface area contributed by atoms with Crippen LogP contribution < -0.4 is 9.47 Å². The number of nitrogens with zero attached hydrogens (tertiary/aromatic N) is 1. The highest BCUT2D eigenvalue weighted by Crippen LogP contribution is 2.32. The first kappa shape index (κ1) is 10.9. The summed E-state index contributed by atoms with van der Waals surface area (Å²) in [5.41, 5.74) is 0.778. The van der Waals surface area contributed by atoms with Crippen LogP contribution in [0.15, 0.2) is 16.6 Å². The van der Waals surface area contributed by atoms with E-state index in [1.807, 2.05) is 12.1 Å². The molecule has 0 fully saturated rings. The minimum Gasteiger partial charge on any atom is -0.496 e. The standard InChI is InChI=1S/C10H10BrNO2/c1-13-9-5-7(11)6-10(14-2)8(9)3-4-12/h5-6H,3H2,1-2H3. The highest BCUT2D eigenvalue weighted by Gasteiger charge is 2.10. The van der Waals surface area contributed by atoms with Gasteiger partial charge in [-0.25, -0.2) is 0 Å². The zero-order valence-corrected chi connectivity index (χ0v) is 9.59. The number of hydrogen-bond donors (Lipinski definition) is 0. The molecular formula is C10H10BrNO2. The first-order valence-corrected chi connectivity index (χ1v) is 4.79. The number of rotatable bonds is 3. The van der Waals surface area contributed by atoms with Gasteiger partial charge in [-0.2, -0.15) is 5.26 Å². The third-order valence-corrected chi connectivity index (χ3v) is 2.29. The predicted octanol–water partition coefficient (Wildman–Crippen LogP) is 2.53. The van der Waals surface area contributed by atoms with E-state index in [0.29, 0.717) is 11.5 Å². The Hall–Kier alpha value is -1.21. The molecule has 0 saturated heterocycles. The molecule has 14 heavy (non-hydrogen) atoms. The topological polar surface area (TPSA) is 42.2 Å². The van der Waals surface area contributed by atoms with Gasteiger partial charge in [-0.3, -0.25) is 0 Å². The number of benzene rings is 1. The summed E-state index contributed by atoms with van der Waals surface area (Å²) in [6, 6.07) is 5.71. The van der Waals surface area contributed by atoms with E-state index in [2.05, 4.69) is 22.0 Å². The van der Waals surface area contributed by atoms with Crippen molar-refractivity contribution in [3.63, 3.8) is 0 Å². The molecule has 4 heteroatoms. The third kappa shape index (κ3) is 2.18. The molecule has 3 nitrogen and oxygen atoms in total. The molecule has 1 aromatic rings. The second-order valence-corrected chi connectivity index (χ2v) is 3.54. The summed E-state index contributed by atoms with van der Waals surface area (Å²) in [5, 5.41) is 8.66. The summed E-state index contributed by atoms with van der Waals surface area (Å²) in [5.74, 6) is 1.33. The molecule has 0 amide bonds. The van der Waals surface area contributed by atoms with Gasteiger partial charge < -0.3 is 9.47 Å². The average molecular weight is 256 g/mol. The van der Waals surface area contributed by atoms with Gasteiger partial charge in [-0.15, -0.1) is 0 Å². The molecule has 0 aliphatic carbocycles. The van der Waals surface area contributed by atoms with Crippen LogP contribution in [0.25, 0.3) is 0 Å². The summed E-state index contributed by atoms with van der Waals surface area (Å²) in [6.07, 6.45) is 0.277. The van der Waals surface area contributed by atoms with Gasteiger partial charge in [0, 0.05) is 4.47 Å². The van der Waals surface area contributed by atoms with Crippen LogP contribution in [0.4, 0.5) is 0 Å². The molecule has 0 aliphatic rings. The van der Waals surface area contributed by atoms with Crippen LogP contribution in [-0.4, -0.2) is 14.2 Å². The Bertz CT molecular complexity index is 346. The minimum atomic E-state index is 0.277. The van der Waals surface area contributed by atoms with E-state index >= 15 is 0 Å². The second kappa shape index (κ2) is 4.87. The maximum atomic E-state index is 8.66. The molecule has 74 valence electrons. The van der Waals surface area contributed by atoms with E-state index in [1.54, 1.807) is 14.2 Å². The van der Waals surface area contributed by atoms with Gasteiger partial charge >= 0.3 is 0 Å². The molecule has 0 aromatic heterocycles. The predicted molar refractivity (Wildman–Crippen MR) is 56.6 cm³/mol. The van der Waals surface area contributed by atoms with Gasteiger partial charge in [0.1, 0.15) is 11.5 Å². The van der Waals surface area contributed by atoms with Crippen molar-refractivity contribution in [2.75, 3.05) is 14.2 Å². The van der Waals surface area contributed by atoms with Crippen molar-refractivity contribution >= 4 is 15.9 Å². The number of halogens is 1. The lowest BCUT2D eigenvalue weighted by Crippen LogP contribution is -1.96. The Morgan fingerprint density at radius 1 is 1.29 bits per heavy atom. The highest BCUT2D eigenvalue weighted by atomic mass is 79.9. The summed E-state index contributed by atoms with van der Waals surface area (Å²) in [6.45, 7) is 0. The molecule has 0 atom stereocenters. The summed E-state index contributed by atoms with van der Waals surface area (Å²) >= 11 is 3.34. The molecule has 0 saturated carbocycles. The fourth-order valence-electron chi connectivity index (χ4n) is 1.21. The van der Waals surface area contributed by atoms with E-state index in [4.69, 9.17) is 14.7 Å². The number of hydrogen-bond acceptors (Lipinski definition) is 3. The Morgan fingerprint density at radius 3 is 2.14 bits per heavy atom. The van der Waals surface area contributed by atoms with Gasteiger partial charge in [0.25, 0.3) is 0 Å². The van der Waals surface area contributed by atoms with Crippen LogP contribution in [0.2, 0.25) is 0 Å². The maximum Gasteiger partial charge on any atom is 0.127 e. The van der Waals surface area contributed by atoms with Crippen LogP contribution >= 0.6 is 15.9 Å². The molecule has 0 N–H and O–H groups in total. The van der Waals surface area contributed by atoms with E-state index < -0.39 is 0 Å². The monoisotopic (exact) mass is 255 g/mol. The number of methoxy groups -OCH3 is 2. The van der Waals surface area contributed by atoms with Crippen LogP contribution in [0.5, 0.6) is 11.5 Å². The molecule has 0 unspecified atom stereocenters. The fourth-order valence-corrected chi connectivity index (χ4v) is 1.62. The molecule has 0 spiro atoms. The average Bonchev–Trinajstić information content (AvgIpc) is 2.20. The Kier molecular flexibility index (Phi) is 3.78. The van der Waals surface area contributed by atoms with Crippen molar-refractivity contribution < 1.29 is 9.47 Å². The molecular weight excluding hydrogens is 246 g/mol.